The number of carbonyl (C=O) groups excluding carboxylic acids is 2. The van der Waals surface area contributed by atoms with E-state index in [-0.39, 0.29) is 11.6 Å². The molecule has 0 saturated carbocycles. The van der Waals surface area contributed by atoms with Crippen LogP contribution in [0.2, 0.25) is 0 Å². The van der Waals surface area contributed by atoms with E-state index in [2.05, 4.69) is 15.4 Å². The summed E-state index contributed by atoms with van der Waals surface area (Å²) >= 11 is 0. The van der Waals surface area contributed by atoms with Crippen LogP contribution in [0.15, 0.2) is 11.8 Å². The largest absolute Gasteiger partial charge is 0.466 e. The molecular weight excluding hydrogens is 160 g/mol. The molecule has 1 aliphatic rings. The molecular formula is C7H10N2O3. The fourth-order valence-corrected chi connectivity index (χ4v) is 0.842. The monoisotopic (exact) mass is 170 g/mol. The Balaban J connectivity index is 2.65. The Kier molecular flexibility index (Phi) is 2.68. The van der Waals surface area contributed by atoms with Gasteiger partial charge < -0.3 is 15.4 Å². The van der Waals surface area contributed by atoms with Gasteiger partial charge in [-0.2, -0.15) is 0 Å². The number of rotatable bonds is 1. The van der Waals surface area contributed by atoms with Gasteiger partial charge in [0, 0.05) is 13.1 Å². The summed E-state index contributed by atoms with van der Waals surface area (Å²) in [7, 11) is 1.26. The molecule has 5 nitrogen and oxygen atoms in total. The van der Waals surface area contributed by atoms with Gasteiger partial charge in [-0.1, -0.05) is 0 Å². The summed E-state index contributed by atoms with van der Waals surface area (Å²) in [6.45, 7) is 1.21. The quantitative estimate of drug-likeness (QED) is 0.381. The van der Waals surface area contributed by atoms with Crippen LogP contribution >= 0.6 is 0 Å². The van der Waals surface area contributed by atoms with Crippen LogP contribution in [0.25, 0.3) is 0 Å². The van der Waals surface area contributed by atoms with Gasteiger partial charge in [0.15, 0.2) is 0 Å². The van der Waals surface area contributed by atoms with Crippen molar-refractivity contribution in [2.24, 2.45) is 0 Å². The molecule has 5 heteroatoms. The Morgan fingerprint density at radius 3 is 2.75 bits per heavy atom. The van der Waals surface area contributed by atoms with Crippen LogP contribution in [0.3, 0.4) is 0 Å². The third-order valence-corrected chi connectivity index (χ3v) is 1.43. The average Bonchev–Trinajstić information content (AvgIpc) is 2.09. The summed E-state index contributed by atoms with van der Waals surface area (Å²) in [5.41, 5.74) is 0.258. The first-order valence-corrected chi connectivity index (χ1v) is 3.56. The maximum atomic E-state index is 11.0. The number of hydrogen-bond donors (Lipinski definition) is 2. The summed E-state index contributed by atoms with van der Waals surface area (Å²) in [6, 6.07) is 0. The smallest absolute Gasteiger partial charge is 0.332 e. The number of carbonyl (C=O) groups is 2. The molecule has 1 heterocycles. The minimum absolute atomic E-state index is 0.258. The number of nitrogens with one attached hydrogen (secondary N) is 2. The van der Waals surface area contributed by atoms with Gasteiger partial charge in [-0.25, -0.2) is 4.79 Å². The highest BCUT2D eigenvalue weighted by Gasteiger charge is 2.14. The van der Waals surface area contributed by atoms with Gasteiger partial charge in [0.05, 0.1) is 13.2 Å². The van der Waals surface area contributed by atoms with Crippen molar-refractivity contribution >= 4 is 11.9 Å². The lowest BCUT2D eigenvalue weighted by molar-refractivity contribution is -0.135. The summed E-state index contributed by atoms with van der Waals surface area (Å²) in [4.78, 5) is 21.7. The lowest BCUT2D eigenvalue weighted by atomic mass is 10.3. The highest BCUT2D eigenvalue weighted by molar-refractivity contribution is 5.99. The van der Waals surface area contributed by atoms with Crippen LogP contribution in [0.5, 0.6) is 0 Å². The third-order valence-electron chi connectivity index (χ3n) is 1.43. The number of ether oxygens (including phenoxy) is 1. The number of methoxy groups -OCH3 is 1. The van der Waals surface area contributed by atoms with Crippen LogP contribution in [0.4, 0.5) is 0 Å². The van der Waals surface area contributed by atoms with Crippen molar-refractivity contribution in [1.82, 2.24) is 10.6 Å². The molecule has 66 valence electrons. The molecule has 2 N–H and O–H groups in total. The minimum atomic E-state index is -0.533. The fourth-order valence-electron chi connectivity index (χ4n) is 0.842. The second-order valence-corrected chi connectivity index (χ2v) is 2.26. The van der Waals surface area contributed by atoms with E-state index >= 15 is 0 Å². The zero-order valence-electron chi connectivity index (χ0n) is 6.72. The van der Waals surface area contributed by atoms with Gasteiger partial charge >= 0.3 is 5.97 Å². The summed E-state index contributed by atoms with van der Waals surface area (Å²) in [6.07, 6.45) is 1.13. The van der Waals surface area contributed by atoms with Crippen LogP contribution in [-0.4, -0.2) is 32.1 Å². The van der Waals surface area contributed by atoms with Crippen LogP contribution in [-0.2, 0) is 14.3 Å². The molecule has 0 radical (unpaired) electrons. The van der Waals surface area contributed by atoms with E-state index in [1.54, 1.807) is 0 Å². The van der Waals surface area contributed by atoms with E-state index < -0.39 is 5.97 Å². The Morgan fingerprint density at radius 1 is 1.50 bits per heavy atom. The van der Waals surface area contributed by atoms with E-state index in [9.17, 15) is 9.59 Å². The summed E-state index contributed by atoms with van der Waals surface area (Å²) < 4.78 is 4.37. The van der Waals surface area contributed by atoms with E-state index in [1.165, 1.54) is 7.11 Å². The van der Waals surface area contributed by atoms with Gasteiger partial charge in [0.2, 0.25) is 0 Å². The van der Waals surface area contributed by atoms with Gasteiger partial charge in [0.25, 0.3) is 5.91 Å². The molecule has 0 aromatic heterocycles. The average molecular weight is 170 g/mol. The number of hydrogen-bond acceptors (Lipinski definition) is 4. The van der Waals surface area contributed by atoms with Crippen molar-refractivity contribution in [2.75, 3.05) is 20.2 Å². The zero-order valence-corrected chi connectivity index (χ0v) is 6.72. The maximum Gasteiger partial charge on any atom is 0.332 e. The highest BCUT2D eigenvalue weighted by atomic mass is 16.5. The molecule has 0 bridgehead atoms. The number of piperazine rings is 1. The van der Waals surface area contributed by atoms with Gasteiger partial charge in [-0.3, -0.25) is 4.79 Å². The Morgan fingerprint density at radius 2 is 2.17 bits per heavy atom. The molecule has 0 spiro atoms. The first-order valence-electron chi connectivity index (χ1n) is 3.56. The van der Waals surface area contributed by atoms with Crippen molar-refractivity contribution in [1.29, 1.82) is 0 Å². The lowest BCUT2D eigenvalue weighted by Gasteiger charge is -2.16. The molecule has 0 atom stereocenters. The Bertz CT molecular complexity index is 235. The van der Waals surface area contributed by atoms with E-state index in [4.69, 9.17) is 0 Å². The van der Waals surface area contributed by atoms with Crippen molar-refractivity contribution < 1.29 is 14.3 Å². The summed E-state index contributed by atoms with van der Waals surface area (Å²) in [5.74, 6) is -0.804. The molecule has 1 aliphatic heterocycles. The predicted octanol–water partition coefficient (Wildman–Crippen LogP) is -1.24. The molecule has 0 aromatic carbocycles. The van der Waals surface area contributed by atoms with Crippen LogP contribution in [0, 0.1) is 0 Å². The normalized spacial score (nSPS) is 19.8. The second kappa shape index (κ2) is 3.75. The third kappa shape index (κ3) is 1.98. The highest BCUT2D eigenvalue weighted by Crippen LogP contribution is 1.94. The predicted molar refractivity (Wildman–Crippen MR) is 41.1 cm³/mol. The molecule has 0 aromatic rings. The van der Waals surface area contributed by atoms with E-state index in [1.807, 2.05) is 0 Å². The SMILES string of the molecule is COC(=O)/C=C1\NCCNC1=O. The standard InChI is InChI=1S/C7H10N2O3/c1-12-6(10)4-5-7(11)9-3-2-8-5/h4,8H,2-3H2,1H3,(H,9,11)/b5-4-. The Labute approximate surface area is 69.8 Å². The van der Waals surface area contributed by atoms with Gasteiger partial charge in [0.1, 0.15) is 5.70 Å². The van der Waals surface area contributed by atoms with Crippen LogP contribution < -0.4 is 10.6 Å². The molecule has 1 amide bonds. The van der Waals surface area contributed by atoms with Crippen molar-refractivity contribution in [3.8, 4) is 0 Å². The maximum absolute atomic E-state index is 11.0. The molecule has 1 saturated heterocycles. The topological polar surface area (TPSA) is 67.4 Å². The molecule has 12 heavy (non-hydrogen) atoms. The fraction of sp³-hybridized carbons (Fsp3) is 0.429. The molecule has 0 unspecified atom stereocenters. The van der Waals surface area contributed by atoms with Crippen molar-refractivity contribution in [3.63, 3.8) is 0 Å². The van der Waals surface area contributed by atoms with Crippen LogP contribution in [0.1, 0.15) is 0 Å². The lowest BCUT2D eigenvalue weighted by Crippen LogP contribution is -2.43. The van der Waals surface area contributed by atoms with E-state index in [0.29, 0.717) is 13.1 Å². The first kappa shape index (κ1) is 8.58. The molecule has 1 fully saturated rings. The van der Waals surface area contributed by atoms with Gasteiger partial charge in [-0.05, 0) is 0 Å². The molecule has 1 rings (SSSR count). The van der Waals surface area contributed by atoms with Crippen molar-refractivity contribution in [3.05, 3.63) is 11.8 Å². The molecule has 0 aliphatic carbocycles. The number of amides is 1. The van der Waals surface area contributed by atoms with Crippen molar-refractivity contribution in [2.45, 2.75) is 0 Å². The number of esters is 1. The zero-order chi connectivity index (χ0) is 8.97. The Hall–Kier alpha value is -1.52. The summed E-state index contributed by atoms with van der Waals surface area (Å²) in [5, 5.41) is 5.37. The van der Waals surface area contributed by atoms with Gasteiger partial charge in [-0.15, -0.1) is 0 Å². The first-order chi connectivity index (χ1) is 5.74. The van der Waals surface area contributed by atoms with E-state index in [0.717, 1.165) is 6.08 Å². The minimum Gasteiger partial charge on any atom is -0.466 e. The second-order valence-electron chi connectivity index (χ2n) is 2.26.